The van der Waals surface area contributed by atoms with Gasteiger partial charge in [0.25, 0.3) is 0 Å². The Morgan fingerprint density at radius 2 is 2.11 bits per heavy atom. The summed E-state index contributed by atoms with van der Waals surface area (Å²) in [5.74, 6) is 0.803. The number of aromatic nitrogens is 2. The fourth-order valence-electron chi connectivity index (χ4n) is 1.43. The van der Waals surface area contributed by atoms with E-state index in [0.717, 1.165) is 21.4 Å². The van der Waals surface area contributed by atoms with Crippen molar-refractivity contribution in [3.05, 3.63) is 45.8 Å². The van der Waals surface area contributed by atoms with Gasteiger partial charge in [-0.05, 0) is 46.9 Å². The van der Waals surface area contributed by atoms with Gasteiger partial charge < -0.3 is 10.5 Å². The average molecular weight is 373 g/mol. The van der Waals surface area contributed by atoms with Gasteiger partial charge in [-0.25, -0.2) is 0 Å². The van der Waals surface area contributed by atoms with E-state index in [9.17, 15) is 0 Å². The van der Waals surface area contributed by atoms with E-state index in [2.05, 4.69) is 27.7 Å². The van der Waals surface area contributed by atoms with E-state index in [-0.39, 0.29) is 0 Å². The molecule has 0 atom stereocenters. The van der Waals surface area contributed by atoms with Crippen molar-refractivity contribution in [1.82, 2.24) is 9.78 Å². The summed E-state index contributed by atoms with van der Waals surface area (Å²) < 4.78 is 8.58. The zero-order valence-electron chi connectivity index (χ0n) is 9.54. The smallest absolute Gasteiger partial charge is 0.119 e. The van der Waals surface area contributed by atoms with Gasteiger partial charge in [0.1, 0.15) is 17.3 Å². The summed E-state index contributed by atoms with van der Waals surface area (Å²) >= 11 is 7.11. The molecule has 0 aliphatic rings. The molecule has 2 rings (SSSR count). The Balaban J connectivity index is 1.85. The minimum atomic E-state index is 0.396. The Labute approximate surface area is 124 Å². The van der Waals surface area contributed by atoms with Crippen LogP contribution in [0.5, 0.6) is 5.75 Å². The third kappa shape index (κ3) is 3.67. The molecule has 2 aromatic rings. The van der Waals surface area contributed by atoms with Gasteiger partial charge in [0.15, 0.2) is 0 Å². The van der Waals surface area contributed by atoms with Gasteiger partial charge in [-0.15, -0.1) is 0 Å². The van der Waals surface area contributed by atoms with E-state index in [1.165, 1.54) is 0 Å². The van der Waals surface area contributed by atoms with Crippen LogP contribution >= 0.6 is 34.8 Å². The van der Waals surface area contributed by atoms with E-state index >= 15 is 0 Å². The lowest BCUT2D eigenvalue weighted by Crippen LogP contribution is -2.10. The molecule has 0 amide bonds. The highest BCUT2D eigenvalue weighted by molar-refractivity contribution is 14.1. The molecule has 6 heteroatoms. The van der Waals surface area contributed by atoms with Gasteiger partial charge in [-0.1, -0.05) is 12.2 Å². The van der Waals surface area contributed by atoms with Crippen LogP contribution in [0.25, 0.3) is 0 Å². The zero-order valence-corrected chi connectivity index (χ0v) is 12.5. The lowest BCUT2D eigenvalue weighted by atomic mass is 10.2. The summed E-state index contributed by atoms with van der Waals surface area (Å²) in [5.41, 5.74) is 6.37. The Morgan fingerprint density at radius 3 is 2.67 bits per heavy atom. The highest BCUT2D eigenvalue weighted by Gasteiger charge is 1.99. The molecule has 0 unspecified atom stereocenters. The average Bonchev–Trinajstić information content (AvgIpc) is 2.76. The molecule has 94 valence electrons. The van der Waals surface area contributed by atoms with Crippen LogP contribution in [0.15, 0.2) is 36.7 Å². The standard InChI is InChI=1S/C12H12IN3OS/c13-10-7-15-16(8-10)5-6-17-11-3-1-9(2-4-11)12(14)18/h1-4,7-8H,5-6H2,(H2,14,18). The van der Waals surface area contributed by atoms with E-state index in [0.29, 0.717) is 11.6 Å². The number of rotatable bonds is 5. The summed E-state index contributed by atoms with van der Waals surface area (Å²) in [7, 11) is 0. The molecular formula is C12H12IN3OS. The Hall–Kier alpha value is -1.15. The molecule has 0 bridgehead atoms. The van der Waals surface area contributed by atoms with Crippen LogP contribution in [0, 0.1) is 3.57 Å². The minimum Gasteiger partial charge on any atom is -0.492 e. The van der Waals surface area contributed by atoms with Crippen LogP contribution in [-0.4, -0.2) is 21.4 Å². The lowest BCUT2D eigenvalue weighted by Gasteiger charge is -2.07. The van der Waals surface area contributed by atoms with Crippen molar-refractivity contribution in [2.75, 3.05) is 6.61 Å². The van der Waals surface area contributed by atoms with Crippen LogP contribution in [0.2, 0.25) is 0 Å². The number of benzene rings is 1. The highest BCUT2D eigenvalue weighted by Crippen LogP contribution is 2.12. The van der Waals surface area contributed by atoms with Crippen molar-refractivity contribution in [1.29, 1.82) is 0 Å². The quantitative estimate of drug-likeness (QED) is 0.645. The van der Waals surface area contributed by atoms with Gasteiger partial charge in [-0.2, -0.15) is 5.10 Å². The maximum Gasteiger partial charge on any atom is 0.119 e. The van der Waals surface area contributed by atoms with E-state index < -0.39 is 0 Å². The number of thiocarbonyl (C=S) groups is 1. The second-order valence-corrected chi connectivity index (χ2v) is 5.34. The SMILES string of the molecule is NC(=S)c1ccc(OCCn2cc(I)cn2)cc1. The van der Waals surface area contributed by atoms with E-state index in [1.54, 1.807) is 0 Å². The third-order valence-corrected chi connectivity index (χ3v) is 3.12. The van der Waals surface area contributed by atoms with Gasteiger partial charge in [0, 0.05) is 11.8 Å². The molecule has 0 saturated heterocycles. The maximum absolute atomic E-state index is 5.61. The first kappa shape index (κ1) is 13.3. The molecule has 2 N–H and O–H groups in total. The summed E-state index contributed by atoms with van der Waals surface area (Å²) in [6, 6.07) is 7.44. The number of hydrogen-bond donors (Lipinski definition) is 1. The van der Waals surface area contributed by atoms with Gasteiger partial charge >= 0.3 is 0 Å². The molecule has 1 heterocycles. The summed E-state index contributed by atoms with van der Waals surface area (Å²) in [6.45, 7) is 1.30. The topological polar surface area (TPSA) is 53.1 Å². The van der Waals surface area contributed by atoms with Crippen LogP contribution in [-0.2, 0) is 6.54 Å². The maximum atomic E-state index is 5.61. The van der Waals surface area contributed by atoms with Crippen molar-refractivity contribution < 1.29 is 4.74 Å². The first-order chi connectivity index (χ1) is 8.65. The number of halogens is 1. The van der Waals surface area contributed by atoms with Crippen molar-refractivity contribution in [3.63, 3.8) is 0 Å². The summed E-state index contributed by atoms with van der Waals surface area (Å²) in [6.07, 6.45) is 3.79. The Bertz CT molecular complexity index is 539. The van der Waals surface area contributed by atoms with E-state index in [1.807, 2.05) is 41.3 Å². The Morgan fingerprint density at radius 1 is 1.39 bits per heavy atom. The normalized spacial score (nSPS) is 10.3. The third-order valence-electron chi connectivity index (χ3n) is 2.33. The van der Waals surface area contributed by atoms with Crippen molar-refractivity contribution in [3.8, 4) is 5.75 Å². The number of hydrogen-bond acceptors (Lipinski definition) is 3. The predicted molar refractivity (Wildman–Crippen MR) is 82.8 cm³/mol. The fourth-order valence-corrected chi connectivity index (χ4v) is 2.02. The molecular weight excluding hydrogens is 361 g/mol. The molecule has 0 aliphatic heterocycles. The van der Waals surface area contributed by atoms with Gasteiger partial charge in [0.05, 0.1) is 16.3 Å². The minimum absolute atomic E-state index is 0.396. The van der Waals surface area contributed by atoms with Crippen LogP contribution in [0.3, 0.4) is 0 Å². The highest BCUT2D eigenvalue weighted by atomic mass is 127. The molecule has 18 heavy (non-hydrogen) atoms. The second-order valence-electron chi connectivity index (χ2n) is 3.66. The van der Waals surface area contributed by atoms with Crippen LogP contribution < -0.4 is 10.5 Å². The first-order valence-electron chi connectivity index (χ1n) is 5.36. The zero-order chi connectivity index (χ0) is 13.0. The van der Waals surface area contributed by atoms with Crippen molar-refractivity contribution >= 4 is 39.8 Å². The molecule has 0 spiro atoms. The summed E-state index contributed by atoms with van der Waals surface area (Å²) in [4.78, 5) is 0.396. The van der Waals surface area contributed by atoms with E-state index in [4.69, 9.17) is 22.7 Å². The number of nitrogens with two attached hydrogens (primary N) is 1. The fraction of sp³-hybridized carbons (Fsp3) is 0.167. The van der Waals surface area contributed by atoms with Crippen LogP contribution in [0.1, 0.15) is 5.56 Å². The van der Waals surface area contributed by atoms with Gasteiger partial charge in [-0.3, -0.25) is 4.68 Å². The molecule has 0 fully saturated rings. The first-order valence-corrected chi connectivity index (χ1v) is 6.84. The lowest BCUT2D eigenvalue weighted by molar-refractivity contribution is 0.291. The molecule has 1 aromatic heterocycles. The number of ether oxygens (including phenoxy) is 1. The van der Waals surface area contributed by atoms with Gasteiger partial charge in [0.2, 0.25) is 0 Å². The molecule has 0 saturated carbocycles. The second kappa shape index (κ2) is 6.14. The molecule has 0 radical (unpaired) electrons. The summed E-state index contributed by atoms with van der Waals surface area (Å²) in [5, 5.41) is 4.18. The molecule has 0 aliphatic carbocycles. The predicted octanol–water partition coefficient (Wildman–Crippen LogP) is 2.20. The molecule has 4 nitrogen and oxygen atoms in total. The monoisotopic (exact) mass is 373 g/mol. The molecule has 1 aromatic carbocycles. The Kier molecular flexibility index (Phi) is 4.54. The number of nitrogens with zero attached hydrogens (tertiary/aromatic N) is 2. The largest absolute Gasteiger partial charge is 0.492 e. The van der Waals surface area contributed by atoms with Crippen molar-refractivity contribution in [2.45, 2.75) is 6.54 Å². The van der Waals surface area contributed by atoms with Crippen LogP contribution in [0.4, 0.5) is 0 Å². The van der Waals surface area contributed by atoms with Crippen molar-refractivity contribution in [2.24, 2.45) is 5.73 Å².